The van der Waals surface area contributed by atoms with Gasteiger partial charge in [0.05, 0.1) is 13.3 Å². The number of ether oxygens (including phenoxy) is 1. The highest BCUT2D eigenvalue weighted by atomic mass is 79.9. The highest BCUT2D eigenvalue weighted by molar-refractivity contribution is 9.10. The first kappa shape index (κ1) is 15.9. The second-order valence-corrected chi connectivity index (χ2v) is 6.85. The Hall–Kier alpha value is -1.47. The Morgan fingerprint density at radius 2 is 2.14 bits per heavy atom. The molecule has 7 heteroatoms. The molecule has 1 aromatic carbocycles. The summed E-state index contributed by atoms with van der Waals surface area (Å²) in [7, 11) is 1.63. The van der Waals surface area contributed by atoms with E-state index in [-0.39, 0.29) is 5.41 Å². The van der Waals surface area contributed by atoms with Crippen molar-refractivity contribution in [3.8, 4) is 5.75 Å². The van der Waals surface area contributed by atoms with Crippen LogP contribution in [0.25, 0.3) is 0 Å². The molecule has 1 heterocycles. The van der Waals surface area contributed by atoms with Crippen molar-refractivity contribution >= 4 is 34.4 Å². The maximum absolute atomic E-state index is 5.33. The second-order valence-electron chi connectivity index (χ2n) is 5.55. The molecule has 0 amide bonds. The van der Waals surface area contributed by atoms with E-state index in [1.807, 2.05) is 18.2 Å². The third-order valence-corrected chi connectivity index (χ3v) is 3.58. The van der Waals surface area contributed by atoms with E-state index in [1.54, 1.807) is 18.0 Å². The topological polar surface area (TPSA) is 55.2 Å². The minimum atomic E-state index is -0.160. The van der Waals surface area contributed by atoms with E-state index in [0.29, 0.717) is 4.77 Å². The number of aromatic amines is 1. The molecule has 0 saturated carbocycles. The summed E-state index contributed by atoms with van der Waals surface area (Å²) < 4.78 is 8.38. The maximum atomic E-state index is 5.33. The van der Waals surface area contributed by atoms with E-state index >= 15 is 0 Å². The van der Waals surface area contributed by atoms with Crippen LogP contribution in [-0.2, 0) is 5.41 Å². The number of methoxy groups -OCH3 is 1. The van der Waals surface area contributed by atoms with Gasteiger partial charge < -0.3 is 4.74 Å². The van der Waals surface area contributed by atoms with Gasteiger partial charge >= 0.3 is 0 Å². The van der Waals surface area contributed by atoms with Crippen molar-refractivity contribution in [3.05, 3.63) is 38.8 Å². The molecule has 0 saturated heterocycles. The van der Waals surface area contributed by atoms with Crippen LogP contribution in [0.5, 0.6) is 5.75 Å². The molecule has 0 aliphatic rings. The SMILES string of the molecule is COc1ccc(Br)cc1/C=N\n1c(C(C)(C)C)n[nH]c1=S. The fourth-order valence-electron chi connectivity index (χ4n) is 1.81. The van der Waals surface area contributed by atoms with Gasteiger partial charge in [0, 0.05) is 15.5 Å². The van der Waals surface area contributed by atoms with Gasteiger partial charge in [-0.1, -0.05) is 36.7 Å². The van der Waals surface area contributed by atoms with Gasteiger partial charge in [0.25, 0.3) is 0 Å². The van der Waals surface area contributed by atoms with Crippen LogP contribution in [-0.4, -0.2) is 28.2 Å². The third-order valence-electron chi connectivity index (χ3n) is 2.83. The molecule has 0 aliphatic heterocycles. The fourth-order valence-corrected chi connectivity index (χ4v) is 2.37. The summed E-state index contributed by atoms with van der Waals surface area (Å²) in [6.07, 6.45) is 1.71. The van der Waals surface area contributed by atoms with E-state index in [2.05, 4.69) is 52.0 Å². The Kier molecular flexibility index (Phi) is 4.63. The predicted octanol–water partition coefficient (Wildman–Crippen LogP) is 3.89. The Bertz CT molecular complexity index is 727. The number of benzene rings is 1. The van der Waals surface area contributed by atoms with Crippen molar-refractivity contribution in [3.63, 3.8) is 0 Å². The fraction of sp³-hybridized carbons (Fsp3) is 0.357. The zero-order valence-corrected chi connectivity index (χ0v) is 14.7. The minimum absolute atomic E-state index is 0.160. The molecule has 0 aliphatic carbocycles. The van der Waals surface area contributed by atoms with Crippen molar-refractivity contribution < 1.29 is 4.74 Å². The number of nitrogens with one attached hydrogen (secondary N) is 1. The van der Waals surface area contributed by atoms with Crippen LogP contribution in [0.3, 0.4) is 0 Å². The number of halogens is 1. The van der Waals surface area contributed by atoms with Gasteiger partial charge in [-0.25, -0.2) is 0 Å². The molecule has 21 heavy (non-hydrogen) atoms. The first-order valence-electron chi connectivity index (χ1n) is 6.38. The van der Waals surface area contributed by atoms with E-state index in [4.69, 9.17) is 17.0 Å². The lowest BCUT2D eigenvalue weighted by molar-refractivity contribution is 0.414. The van der Waals surface area contributed by atoms with Crippen molar-refractivity contribution in [1.29, 1.82) is 0 Å². The Labute approximate surface area is 137 Å². The van der Waals surface area contributed by atoms with Crippen molar-refractivity contribution in [2.45, 2.75) is 26.2 Å². The van der Waals surface area contributed by atoms with Gasteiger partial charge in [0.1, 0.15) is 5.75 Å². The van der Waals surface area contributed by atoms with E-state index < -0.39 is 0 Å². The highest BCUT2D eigenvalue weighted by Crippen LogP contribution is 2.22. The van der Waals surface area contributed by atoms with Gasteiger partial charge in [-0.05, 0) is 30.4 Å². The monoisotopic (exact) mass is 368 g/mol. The largest absolute Gasteiger partial charge is 0.496 e. The molecule has 0 radical (unpaired) electrons. The lowest BCUT2D eigenvalue weighted by atomic mass is 9.96. The van der Waals surface area contributed by atoms with Crippen molar-refractivity contribution in [2.75, 3.05) is 7.11 Å². The first-order valence-corrected chi connectivity index (χ1v) is 7.59. The molecule has 0 atom stereocenters. The molecule has 1 aromatic heterocycles. The molecule has 0 fully saturated rings. The van der Waals surface area contributed by atoms with Crippen LogP contribution in [0.1, 0.15) is 32.2 Å². The van der Waals surface area contributed by atoms with Crippen LogP contribution in [0.15, 0.2) is 27.8 Å². The number of H-pyrrole nitrogens is 1. The lowest BCUT2D eigenvalue weighted by Crippen LogP contribution is -2.17. The van der Waals surface area contributed by atoms with Gasteiger partial charge in [-0.3, -0.25) is 5.10 Å². The summed E-state index contributed by atoms with van der Waals surface area (Å²) in [5.41, 5.74) is 0.696. The normalized spacial score (nSPS) is 12.0. The first-order chi connectivity index (χ1) is 9.82. The van der Waals surface area contributed by atoms with Gasteiger partial charge in [0.2, 0.25) is 4.77 Å². The summed E-state index contributed by atoms with van der Waals surface area (Å²) in [4.78, 5) is 0. The average Bonchev–Trinajstić information content (AvgIpc) is 2.77. The van der Waals surface area contributed by atoms with Gasteiger partial charge in [-0.15, -0.1) is 0 Å². The maximum Gasteiger partial charge on any atom is 0.216 e. The minimum Gasteiger partial charge on any atom is -0.496 e. The van der Waals surface area contributed by atoms with E-state index in [1.165, 1.54) is 0 Å². The summed E-state index contributed by atoms with van der Waals surface area (Å²) in [6, 6.07) is 5.73. The van der Waals surface area contributed by atoms with Crippen LogP contribution < -0.4 is 4.74 Å². The number of hydrogen-bond acceptors (Lipinski definition) is 4. The number of nitrogens with zero attached hydrogens (tertiary/aromatic N) is 3. The van der Waals surface area contributed by atoms with Gasteiger partial charge in [0.15, 0.2) is 5.82 Å². The zero-order valence-electron chi connectivity index (χ0n) is 12.3. The lowest BCUT2D eigenvalue weighted by Gasteiger charge is -2.15. The molecule has 0 spiro atoms. The Balaban J connectivity index is 2.46. The van der Waals surface area contributed by atoms with E-state index in [0.717, 1.165) is 21.6 Å². The Morgan fingerprint density at radius 3 is 2.76 bits per heavy atom. The molecule has 112 valence electrons. The summed E-state index contributed by atoms with van der Waals surface area (Å²) >= 11 is 8.68. The van der Waals surface area contributed by atoms with Crippen molar-refractivity contribution in [2.24, 2.45) is 5.10 Å². The second kappa shape index (κ2) is 6.11. The van der Waals surface area contributed by atoms with Crippen molar-refractivity contribution in [1.82, 2.24) is 14.9 Å². The zero-order chi connectivity index (χ0) is 15.6. The predicted molar refractivity (Wildman–Crippen MR) is 89.8 cm³/mol. The molecule has 0 bridgehead atoms. The standard InChI is InChI=1S/C14H17BrN4OS/c1-14(2,3)12-17-18-13(21)19(12)16-8-9-7-10(15)5-6-11(9)20-4/h5-8H,1-4H3,(H,18,21)/b16-8-. The third kappa shape index (κ3) is 3.59. The molecular weight excluding hydrogens is 352 g/mol. The van der Waals surface area contributed by atoms with Crippen LogP contribution in [0.2, 0.25) is 0 Å². The molecular formula is C14H17BrN4OS. The molecule has 2 aromatic rings. The van der Waals surface area contributed by atoms with Gasteiger partial charge in [-0.2, -0.15) is 14.9 Å². The summed E-state index contributed by atoms with van der Waals surface area (Å²) in [6.45, 7) is 6.18. The molecule has 5 nitrogen and oxygen atoms in total. The summed E-state index contributed by atoms with van der Waals surface area (Å²) in [5, 5.41) is 11.5. The smallest absolute Gasteiger partial charge is 0.216 e. The molecule has 0 unspecified atom stereocenters. The number of rotatable bonds is 3. The van der Waals surface area contributed by atoms with E-state index in [9.17, 15) is 0 Å². The van der Waals surface area contributed by atoms with Crippen LogP contribution in [0, 0.1) is 4.77 Å². The molecule has 1 N–H and O–H groups in total. The highest BCUT2D eigenvalue weighted by Gasteiger charge is 2.21. The summed E-state index contributed by atoms with van der Waals surface area (Å²) in [5.74, 6) is 1.52. The molecule has 2 rings (SSSR count). The Morgan fingerprint density at radius 1 is 1.43 bits per heavy atom. The van der Waals surface area contributed by atoms with Crippen LogP contribution >= 0.6 is 28.1 Å². The quantitative estimate of drug-likeness (QED) is 0.660. The number of hydrogen-bond donors (Lipinski definition) is 1. The number of aromatic nitrogens is 3. The average molecular weight is 369 g/mol. The van der Waals surface area contributed by atoms with Crippen LogP contribution in [0.4, 0.5) is 0 Å².